The molecule has 0 radical (unpaired) electrons. The average molecular weight is 564 g/mol. The van der Waals surface area contributed by atoms with E-state index in [2.05, 4.69) is 34.6 Å². The Morgan fingerprint density at radius 3 is 1.00 bits per heavy atom. The molecule has 1 unspecified atom stereocenters. The summed E-state index contributed by atoms with van der Waals surface area (Å²) < 4.78 is 0. The minimum atomic E-state index is -0.770. The third kappa shape index (κ3) is 20.0. The van der Waals surface area contributed by atoms with E-state index in [1.165, 1.54) is 135 Å². The van der Waals surface area contributed by atoms with Gasteiger partial charge in [-0.25, -0.2) is 0 Å². The van der Waals surface area contributed by atoms with E-state index in [1.807, 2.05) is 0 Å². The van der Waals surface area contributed by atoms with Crippen molar-refractivity contribution in [1.29, 1.82) is 0 Å². The molecular weight excluding hydrogens is 495 g/mol. The first-order chi connectivity index (χ1) is 16.2. The molecule has 0 aromatic heterocycles. The van der Waals surface area contributed by atoms with Crippen molar-refractivity contribution in [1.82, 2.24) is 0 Å². The zero-order valence-electron chi connectivity index (χ0n) is 24.8. The van der Waals surface area contributed by atoms with Gasteiger partial charge in [-0.05, 0) is 44.9 Å². The van der Waals surface area contributed by atoms with E-state index in [0.717, 1.165) is 5.66 Å². The Hall–Kier alpha value is 0.910. The molecule has 0 spiro atoms. The fourth-order valence-corrected chi connectivity index (χ4v) is 11.9. The highest BCUT2D eigenvalue weighted by atomic mass is 79.9. The van der Waals surface area contributed by atoms with Gasteiger partial charge in [0.25, 0.3) is 0 Å². The minimum Gasteiger partial charge on any atom is -1.00 e. The molecule has 0 nitrogen and oxygen atoms in total. The van der Waals surface area contributed by atoms with Crippen molar-refractivity contribution in [2.45, 2.75) is 188 Å². The number of rotatable bonds is 27. The Labute approximate surface area is 230 Å². The van der Waals surface area contributed by atoms with Gasteiger partial charge in [-0.1, -0.05) is 137 Å². The van der Waals surface area contributed by atoms with E-state index in [0.29, 0.717) is 0 Å². The van der Waals surface area contributed by atoms with Crippen LogP contribution in [-0.2, 0) is 0 Å². The third-order valence-corrected chi connectivity index (χ3v) is 13.9. The number of unbranched alkanes of at least 4 members (excludes halogenated alkanes) is 16. The molecular formula is C32H68BrP. The van der Waals surface area contributed by atoms with E-state index < -0.39 is 7.26 Å². The first kappa shape index (κ1) is 37.1. The van der Waals surface area contributed by atoms with Crippen LogP contribution in [0, 0.1) is 0 Å². The molecule has 1 atom stereocenters. The largest absolute Gasteiger partial charge is 1.00 e. The molecule has 0 aliphatic rings. The number of hydrogen-bond donors (Lipinski definition) is 0. The predicted octanol–water partition coefficient (Wildman–Crippen LogP) is 9.45. The third-order valence-electron chi connectivity index (χ3n) is 8.18. The second-order valence-electron chi connectivity index (χ2n) is 11.3. The van der Waals surface area contributed by atoms with E-state index in [4.69, 9.17) is 0 Å². The second kappa shape index (κ2) is 28.5. The van der Waals surface area contributed by atoms with Gasteiger partial charge in [0.05, 0.1) is 24.1 Å². The molecule has 0 fully saturated rings. The summed E-state index contributed by atoms with van der Waals surface area (Å²) in [4.78, 5) is 0. The highest BCUT2D eigenvalue weighted by molar-refractivity contribution is 7.76. The van der Waals surface area contributed by atoms with Crippen molar-refractivity contribution in [3.63, 3.8) is 0 Å². The molecule has 2 heteroatoms. The van der Waals surface area contributed by atoms with Crippen LogP contribution in [-0.4, -0.2) is 24.1 Å². The van der Waals surface area contributed by atoms with Crippen LogP contribution < -0.4 is 17.0 Å². The van der Waals surface area contributed by atoms with Crippen LogP contribution in [0.5, 0.6) is 0 Å². The molecule has 0 aromatic carbocycles. The van der Waals surface area contributed by atoms with Gasteiger partial charge in [-0.15, -0.1) is 0 Å². The van der Waals surface area contributed by atoms with Crippen LogP contribution in [0.15, 0.2) is 0 Å². The Kier molecular flexibility index (Phi) is 31.0. The zero-order chi connectivity index (χ0) is 24.5. The van der Waals surface area contributed by atoms with Crippen molar-refractivity contribution in [2.24, 2.45) is 0 Å². The van der Waals surface area contributed by atoms with Crippen LogP contribution in [0.4, 0.5) is 0 Å². The first-order valence-electron chi connectivity index (χ1n) is 16.1. The van der Waals surface area contributed by atoms with Crippen molar-refractivity contribution in [3.05, 3.63) is 0 Å². The lowest BCUT2D eigenvalue weighted by Crippen LogP contribution is -3.00. The van der Waals surface area contributed by atoms with Gasteiger partial charge in [0.1, 0.15) is 0 Å². The summed E-state index contributed by atoms with van der Waals surface area (Å²) in [5.74, 6) is 0. The van der Waals surface area contributed by atoms with Crippen LogP contribution >= 0.6 is 7.26 Å². The summed E-state index contributed by atoms with van der Waals surface area (Å²) in [6, 6.07) is 0. The fraction of sp³-hybridized carbons (Fsp3) is 1.00. The molecule has 0 amide bonds. The zero-order valence-corrected chi connectivity index (χ0v) is 27.3. The fourth-order valence-electron chi connectivity index (χ4n) is 5.83. The summed E-state index contributed by atoms with van der Waals surface area (Å²) in [5.41, 5.74) is 1.11. The van der Waals surface area contributed by atoms with Crippen LogP contribution in [0.25, 0.3) is 0 Å². The Bertz CT molecular complexity index is 348. The lowest BCUT2D eigenvalue weighted by atomic mass is 10.0. The van der Waals surface area contributed by atoms with Gasteiger partial charge in [0, 0.05) is 7.26 Å². The molecule has 0 aliphatic heterocycles. The highest BCUT2D eigenvalue weighted by Crippen LogP contribution is 2.67. The summed E-state index contributed by atoms with van der Waals surface area (Å²) >= 11 is 0. The Morgan fingerprint density at radius 1 is 0.353 bits per heavy atom. The minimum absolute atomic E-state index is 0. The van der Waals surface area contributed by atoms with Crippen LogP contribution in [0.2, 0.25) is 0 Å². The topological polar surface area (TPSA) is 0 Å². The molecule has 208 valence electrons. The molecule has 0 bridgehead atoms. The summed E-state index contributed by atoms with van der Waals surface area (Å²) in [6.45, 7) is 12.0. The monoisotopic (exact) mass is 562 g/mol. The van der Waals surface area contributed by atoms with E-state index >= 15 is 0 Å². The van der Waals surface area contributed by atoms with E-state index in [9.17, 15) is 0 Å². The lowest BCUT2D eigenvalue weighted by molar-refractivity contribution is -0.00000755. The molecule has 0 saturated carbocycles. The summed E-state index contributed by atoms with van der Waals surface area (Å²) in [6.07, 6.45) is 38.8. The second-order valence-corrected chi connectivity index (χ2v) is 15.8. The Balaban J connectivity index is 0. The number of halogens is 1. The van der Waals surface area contributed by atoms with Gasteiger partial charge in [-0.2, -0.15) is 0 Å². The Morgan fingerprint density at radius 2 is 0.647 bits per heavy atom. The SMILES string of the molecule is CCCCCCCCCCCCCCCC(CCCC)[P+](CCCC)(CCCC)CCCC.[Br-]. The van der Waals surface area contributed by atoms with Crippen molar-refractivity contribution < 1.29 is 17.0 Å². The molecule has 34 heavy (non-hydrogen) atoms. The van der Waals surface area contributed by atoms with Crippen molar-refractivity contribution in [3.8, 4) is 0 Å². The van der Waals surface area contributed by atoms with E-state index in [-0.39, 0.29) is 17.0 Å². The van der Waals surface area contributed by atoms with E-state index in [1.54, 1.807) is 31.3 Å². The van der Waals surface area contributed by atoms with Gasteiger partial charge in [0.15, 0.2) is 0 Å². The maximum atomic E-state index is 2.42. The van der Waals surface area contributed by atoms with Crippen LogP contribution in [0.1, 0.15) is 182 Å². The molecule has 0 rings (SSSR count). The van der Waals surface area contributed by atoms with Gasteiger partial charge >= 0.3 is 0 Å². The van der Waals surface area contributed by atoms with Crippen molar-refractivity contribution >= 4 is 7.26 Å². The summed E-state index contributed by atoms with van der Waals surface area (Å²) in [7, 11) is -0.770. The predicted molar refractivity (Wildman–Crippen MR) is 160 cm³/mol. The van der Waals surface area contributed by atoms with Crippen molar-refractivity contribution in [2.75, 3.05) is 18.5 Å². The molecule has 0 saturated heterocycles. The molecule has 0 aromatic rings. The van der Waals surface area contributed by atoms with Gasteiger partial charge in [0.2, 0.25) is 0 Å². The number of hydrogen-bond acceptors (Lipinski definition) is 0. The highest BCUT2D eigenvalue weighted by Gasteiger charge is 2.42. The maximum Gasteiger partial charge on any atom is 0.0697 e. The summed E-state index contributed by atoms with van der Waals surface area (Å²) in [5, 5.41) is 0. The maximum absolute atomic E-state index is 2.42. The van der Waals surface area contributed by atoms with Gasteiger partial charge in [-0.3, -0.25) is 0 Å². The standard InChI is InChI=1S/C32H68P.BrH/c1-6-11-16-17-18-19-20-21-22-23-24-25-26-28-32(27-12-7-2)33(29-13-8-3,30-14-9-4)31-15-10-5;/h32H,6-31H2,1-5H3;1H/q+1;/p-1. The first-order valence-corrected chi connectivity index (χ1v) is 18.5. The molecule has 0 aliphatic carbocycles. The van der Waals surface area contributed by atoms with Crippen LogP contribution in [0.3, 0.4) is 0 Å². The quantitative estimate of drug-likeness (QED) is 0.0690. The van der Waals surface area contributed by atoms with Gasteiger partial charge < -0.3 is 17.0 Å². The molecule has 0 N–H and O–H groups in total. The normalized spacial score (nSPS) is 12.6. The lowest BCUT2D eigenvalue weighted by Gasteiger charge is -2.36. The average Bonchev–Trinajstić information content (AvgIpc) is 2.83. The smallest absolute Gasteiger partial charge is 0.0697 e. The molecule has 0 heterocycles.